The molecular formula is C36H46ClN7O4. The first-order valence-electron chi connectivity index (χ1n) is 16.2. The Labute approximate surface area is 287 Å². The van der Waals surface area contributed by atoms with Gasteiger partial charge in [0.05, 0.1) is 17.3 Å². The third kappa shape index (κ3) is 8.90. The Bertz CT molecular complexity index is 1740. The van der Waals surface area contributed by atoms with Gasteiger partial charge in [0, 0.05) is 54.1 Å². The lowest BCUT2D eigenvalue weighted by atomic mass is 9.93. The number of aryl methyl sites for hydroxylation is 1. The van der Waals surface area contributed by atoms with Gasteiger partial charge in [-0.05, 0) is 101 Å². The Morgan fingerprint density at radius 2 is 1.75 bits per heavy atom. The van der Waals surface area contributed by atoms with Crippen molar-refractivity contribution in [3.05, 3.63) is 88.2 Å². The van der Waals surface area contributed by atoms with Crippen LogP contribution in [0.25, 0.3) is 11.1 Å². The fourth-order valence-electron chi connectivity index (χ4n) is 5.27. The summed E-state index contributed by atoms with van der Waals surface area (Å²) in [6, 6.07) is 11.1. The van der Waals surface area contributed by atoms with Crippen LogP contribution >= 0.6 is 11.6 Å². The van der Waals surface area contributed by atoms with Gasteiger partial charge in [-0.25, -0.2) is 14.8 Å². The van der Waals surface area contributed by atoms with Crippen molar-refractivity contribution in [2.75, 3.05) is 17.7 Å². The second kappa shape index (κ2) is 15.2. The number of aliphatic hydroxyl groups is 1. The maximum atomic E-state index is 12.7. The second-order valence-corrected chi connectivity index (χ2v) is 13.3. The molecule has 2 aromatic heterocycles. The number of aromatic nitrogens is 4. The van der Waals surface area contributed by atoms with Crippen molar-refractivity contribution in [2.45, 2.75) is 91.5 Å². The molecule has 1 atom stereocenters. The molecule has 0 bridgehead atoms. The zero-order chi connectivity index (χ0) is 35.2. The highest BCUT2D eigenvalue weighted by Gasteiger charge is 2.27. The summed E-state index contributed by atoms with van der Waals surface area (Å²) in [5.41, 5.74) is 4.40. The number of hydrogen-bond donors (Lipinski definition) is 4. The highest BCUT2D eigenvalue weighted by Crippen LogP contribution is 2.33. The molecule has 0 fully saturated rings. The molecule has 5 rings (SSSR count). The van der Waals surface area contributed by atoms with E-state index in [4.69, 9.17) is 16.3 Å². The number of amides is 1. The number of halogens is 1. The van der Waals surface area contributed by atoms with Crippen LogP contribution in [0.15, 0.2) is 55.0 Å². The molecule has 11 nitrogen and oxygen atoms in total. The van der Waals surface area contributed by atoms with E-state index in [1.165, 1.54) is 4.68 Å². The number of hydrogen-bond acceptors (Lipinski definition) is 9. The van der Waals surface area contributed by atoms with Crippen LogP contribution in [0.1, 0.15) is 100 Å². The van der Waals surface area contributed by atoms with Crippen LogP contribution in [0.5, 0.6) is 0 Å². The van der Waals surface area contributed by atoms with Gasteiger partial charge in [0.25, 0.3) is 5.91 Å². The number of benzene rings is 2. The summed E-state index contributed by atoms with van der Waals surface area (Å²) >= 11 is 6.63. The topological polar surface area (TPSA) is 143 Å². The molecule has 2 heterocycles. The van der Waals surface area contributed by atoms with E-state index in [2.05, 4.69) is 31.0 Å². The van der Waals surface area contributed by atoms with Crippen molar-refractivity contribution < 1.29 is 19.4 Å². The van der Waals surface area contributed by atoms with Crippen molar-refractivity contribution in [3.63, 3.8) is 0 Å². The predicted molar refractivity (Wildman–Crippen MR) is 189 cm³/mol. The van der Waals surface area contributed by atoms with Gasteiger partial charge in [-0.3, -0.25) is 4.79 Å². The largest absolute Gasteiger partial charge is 0.442 e. The Hall–Kier alpha value is -4.48. The van der Waals surface area contributed by atoms with Crippen molar-refractivity contribution >= 4 is 35.0 Å². The molecule has 1 aliphatic carbocycles. The third-order valence-electron chi connectivity index (χ3n) is 7.55. The lowest BCUT2D eigenvalue weighted by Gasteiger charge is -2.24. The first-order valence-corrected chi connectivity index (χ1v) is 16.6. The fourth-order valence-corrected chi connectivity index (χ4v) is 5.46. The van der Waals surface area contributed by atoms with Crippen LogP contribution < -0.4 is 16.0 Å². The van der Waals surface area contributed by atoms with Gasteiger partial charge in [-0.1, -0.05) is 31.5 Å². The van der Waals surface area contributed by atoms with Crippen molar-refractivity contribution in [2.24, 2.45) is 0 Å². The van der Waals surface area contributed by atoms with E-state index >= 15 is 0 Å². The minimum Gasteiger partial charge on any atom is -0.442 e. The number of rotatable bonds is 8. The van der Waals surface area contributed by atoms with Gasteiger partial charge in [0.15, 0.2) is 5.82 Å². The first kappa shape index (κ1) is 36.4. The molecule has 12 heteroatoms. The summed E-state index contributed by atoms with van der Waals surface area (Å²) in [6.07, 6.45) is 7.22. The summed E-state index contributed by atoms with van der Waals surface area (Å²) in [4.78, 5) is 34.0. The Balaban J connectivity index is 0.00000255. The average Bonchev–Trinajstić information content (AvgIpc) is 3.50. The molecule has 48 heavy (non-hydrogen) atoms. The highest BCUT2D eigenvalue weighted by atomic mass is 35.5. The molecule has 256 valence electrons. The van der Waals surface area contributed by atoms with Crippen molar-refractivity contribution in [3.8, 4) is 11.1 Å². The number of ether oxygens (including phenoxy) is 1. The van der Waals surface area contributed by atoms with E-state index in [1.54, 1.807) is 45.6 Å². The summed E-state index contributed by atoms with van der Waals surface area (Å²) in [6.45, 7) is 13.1. The molecule has 0 radical (unpaired) electrons. The van der Waals surface area contributed by atoms with E-state index in [0.29, 0.717) is 28.6 Å². The molecule has 4 aromatic rings. The van der Waals surface area contributed by atoms with Gasteiger partial charge in [-0.2, -0.15) is 9.78 Å². The molecule has 0 saturated heterocycles. The number of carbonyl (C=O) groups is 2. The Morgan fingerprint density at radius 3 is 2.40 bits per heavy atom. The third-order valence-corrected chi connectivity index (χ3v) is 7.92. The molecule has 2 aromatic carbocycles. The zero-order valence-electron chi connectivity index (χ0n) is 28.9. The van der Waals surface area contributed by atoms with Gasteiger partial charge < -0.3 is 25.8 Å². The Morgan fingerprint density at radius 1 is 1.04 bits per heavy atom. The minimum atomic E-state index is -1.15. The van der Waals surface area contributed by atoms with Gasteiger partial charge in [0.2, 0.25) is 0 Å². The molecule has 4 N–H and O–H groups in total. The molecule has 0 aliphatic heterocycles. The highest BCUT2D eigenvalue weighted by molar-refractivity contribution is 6.31. The first-order chi connectivity index (χ1) is 22.7. The van der Waals surface area contributed by atoms with E-state index in [1.807, 2.05) is 65.0 Å². The number of nitrogens with zero attached hydrogens (tertiary/aromatic N) is 4. The summed E-state index contributed by atoms with van der Waals surface area (Å²) in [7, 11) is 1.59. The standard InChI is InChI=1S/C34H40ClN7O4.C2H6/c1-33(2,3)46-32(44)42-19-21-8-7-9-27(29(21)41-42)40-24-11-13-26(35)22(14-24)16-37-28-15-20(10-12-25(28)30(43)36-6)23-17-38-31(39-18-23)34(4,5)45;1-2/h10-15,17-19,27,37,40,45H,7-9,16H2,1-6H3,(H,36,43);1-2H3. The SMILES string of the molecule is CC.CNC(=O)c1ccc(-c2cnc(C(C)(C)O)nc2)cc1NCc1cc(NC2CCCc3cn(C(=O)OC(C)(C)C)nc32)ccc1Cl. The van der Waals surface area contributed by atoms with Crippen LogP contribution in [0.4, 0.5) is 16.2 Å². The maximum Gasteiger partial charge on any atom is 0.435 e. The lowest BCUT2D eigenvalue weighted by Crippen LogP contribution is -2.27. The number of fused-ring (bicyclic) bond motifs is 1. The quantitative estimate of drug-likeness (QED) is 0.149. The Kier molecular flexibility index (Phi) is 11.5. The van der Waals surface area contributed by atoms with Gasteiger partial charge in [0.1, 0.15) is 11.2 Å². The number of carbonyl (C=O) groups excluding carboxylic acids is 2. The van der Waals surface area contributed by atoms with Gasteiger partial charge >= 0.3 is 6.09 Å². The molecular weight excluding hydrogens is 630 g/mol. The molecule has 0 spiro atoms. The average molecular weight is 676 g/mol. The summed E-state index contributed by atoms with van der Waals surface area (Å²) in [5.74, 6) is 0.0867. The van der Waals surface area contributed by atoms with Crippen LogP contribution in [0.2, 0.25) is 5.02 Å². The summed E-state index contributed by atoms with van der Waals surface area (Å²) < 4.78 is 6.80. The maximum absolute atomic E-state index is 12.7. The molecule has 1 amide bonds. The molecule has 1 aliphatic rings. The lowest BCUT2D eigenvalue weighted by molar-refractivity contribution is 0.0513. The molecule has 1 unspecified atom stereocenters. The van der Waals surface area contributed by atoms with E-state index in [0.717, 1.165) is 52.9 Å². The predicted octanol–water partition coefficient (Wildman–Crippen LogP) is 7.49. The van der Waals surface area contributed by atoms with E-state index in [9.17, 15) is 14.7 Å². The number of anilines is 2. The van der Waals surface area contributed by atoms with Crippen LogP contribution in [0, 0.1) is 0 Å². The normalized spacial score (nSPS) is 14.2. The van der Waals surface area contributed by atoms with E-state index in [-0.39, 0.29) is 11.9 Å². The number of nitrogens with one attached hydrogen (secondary N) is 3. The van der Waals surface area contributed by atoms with Crippen LogP contribution in [-0.4, -0.2) is 49.5 Å². The van der Waals surface area contributed by atoms with Crippen LogP contribution in [0.3, 0.4) is 0 Å². The minimum absolute atomic E-state index is 0.0871. The smallest absolute Gasteiger partial charge is 0.435 e. The van der Waals surface area contributed by atoms with E-state index < -0.39 is 17.3 Å². The van der Waals surface area contributed by atoms with Crippen LogP contribution in [-0.2, 0) is 23.3 Å². The van der Waals surface area contributed by atoms with Gasteiger partial charge in [-0.15, -0.1) is 0 Å². The summed E-state index contributed by atoms with van der Waals surface area (Å²) in [5, 5.41) is 25.0. The molecule has 0 saturated carbocycles. The fraction of sp³-hybridized carbons (Fsp3) is 0.417. The monoisotopic (exact) mass is 675 g/mol. The second-order valence-electron chi connectivity index (χ2n) is 12.9. The van der Waals surface area contributed by atoms with Crippen molar-refractivity contribution in [1.82, 2.24) is 25.1 Å². The zero-order valence-corrected chi connectivity index (χ0v) is 29.7. The van der Waals surface area contributed by atoms with Crippen molar-refractivity contribution in [1.29, 1.82) is 0 Å².